The fraction of sp³-hybridized carbons (Fsp3) is 0.188. The molecule has 5 nitrogen and oxygen atoms in total. The maximum Gasteiger partial charge on any atom is 0.224 e. The van der Waals surface area contributed by atoms with Gasteiger partial charge in [0.25, 0.3) is 0 Å². The van der Waals surface area contributed by atoms with Crippen LogP contribution in [0, 0.1) is 6.92 Å². The van der Waals surface area contributed by atoms with Gasteiger partial charge >= 0.3 is 0 Å². The predicted octanol–water partition coefficient (Wildman–Crippen LogP) is 3.11. The zero-order valence-corrected chi connectivity index (χ0v) is 12.3. The monoisotopic (exact) mass is 279 g/mol. The highest BCUT2D eigenvalue weighted by Gasteiger charge is 2.06. The van der Waals surface area contributed by atoms with Gasteiger partial charge in [0.1, 0.15) is 0 Å². The molecule has 0 aliphatic heterocycles. The molecule has 0 amide bonds. The minimum absolute atomic E-state index is 0.711. The number of rotatable bonds is 3. The Morgan fingerprint density at radius 1 is 1.19 bits per heavy atom. The molecule has 0 saturated carbocycles. The van der Waals surface area contributed by atoms with E-state index in [0.717, 1.165) is 28.0 Å². The molecule has 0 radical (unpaired) electrons. The van der Waals surface area contributed by atoms with Gasteiger partial charge in [-0.05, 0) is 37.6 Å². The lowest BCUT2D eigenvalue weighted by atomic mass is 10.2. The number of imidazole rings is 1. The molecule has 0 bridgehead atoms. The van der Waals surface area contributed by atoms with Crippen LogP contribution in [0.2, 0.25) is 0 Å². The van der Waals surface area contributed by atoms with Crippen molar-refractivity contribution >= 4 is 22.7 Å². The Balaban J connectivity index is 1.86. The number of benzene rings is 1. The Morgan fingerprint density at radius 2 is 2.00 bits per heavy atom. The van der Waals surface area contributed by atoms with Crippen LogP contribution in [0.15, 0.2) is 47.7 Å². The van der Waals surface area contributed by atoms with Gasteiger partial charge in [-0.1, -0.05) is 18.2 Å². The number of para-hydroxylation sites is 2. The highest BCUT2D eigenvalue weighted by Crippen LogP contribution is 2.17. The quantitative estimate of drug-likeness (QED) is 0.592. The zero-order valence-electron chi connectivity index (χ0n) is 12.3. The van der Waals surface area contributed by atoms with E-state index in [0.29, 0.717) is 5.95 Å². The molecule has 3 aromatic rings. The fourth-order valence-electron chi connectivity index (χ4n) is 2.12. The number of aromatic nitrogens is 3. The van der Waals surface area contributed by atoms with E-state index in [1.54, 1.807) is 0 Å². The molecule has 3 rings (SSSR count). The Kier molecular flexibility index (Phi) is 3.39. The molecule has 0 spiro atoms. The van der Waals surface area contributed by atoms with Crippen molar-refractivity contribution in [3.05, 3.63) is 53.9 Å². The van der Waals surface area contributed by atoms with Crippen LogP contribution in [0.3, 0.4) is 0 Å². The van der Waals surface area contributed by atoms with Crippen molar-refractivity contribution in [2.45, 2.75) is 13.8 Å². The number of hydrazone groups is 1. The van der Waals surface area contributed by atoms with E-state index in [1.165, 1.54) is 0 Å². The molecule has 0 atom stereocenters. The lowest BCUT2D eigenvalue weighted by Gasteiger charge is -2.03. The van der Waals surface area contributed by atoms with Gasteiger partial charge in [0.05, 0.1) is 22.4 Å². The molecular formula is C16H17N5. The van der Waals surface area contributed by atoms with Gasteiger partial charge in [0.2, 0.25) is 5.95 Å². The Labute approximate surface area is 123 Å². The number of anilines is 1. The van der Waals surface area contributed by atoms with Crippen LogP contribution in [0.5, 0.6) is 0 Å². The highest BCUT2D eigenvalue weighted by molar-refractivity contribution is 5.97. The topological polar surface area (TPSA) is 55.1 Å². The van der Waals surface area contributed by atoms with Crippen LogP contribution in [0.4, 0.5) is 5.95 Å². The van der Waals surface area contributed by atoms with E-state index >= 15 is 0 Å². The third-order valence-corrected chi connectivity index (χ3v) is 3.39. The summed E-state index contributed by atoms with van der Waals surface area (Å²) >= 11 is 0. The van der Waals surface area contributed by atoms with Crippen LogP contribution in [-0.2, 0) is 7.05 Å². The lowest BCUT2D eigenvalue weighted by Crippen LogP contribution is -2.05. The first-order chi connectivity index (χ1) is 10.1. The molecule has 5 heteroatoms. The normalized spacial score (nSPS) is 11.9. The van der Waals surface area contributed by atoms with Gasteiger partial charge in [-0.15, -0.1) is 0 Å². The first-order valence-electron chi connectivity index (χ1n) is 6.80. The summed E-state index contributed by atoms with van der Waals surface area (Å²) in [6.07, 6.45) is 1.84. The molecule has 1 N–H and O–H groups in total. The van der Waals surface area contributed by atoms with Crippen LogP contribution in [-0.4, -0.2) is 20.2 Å². The van der Waals surface area contributed by atoms with E-state index in [1.807, 2.05) is 68.1 Å². The van der Waals surface area contributed by atoms with E-state index in [-0.39, 0.29) is 0 Å². The van der Waals surface area contributed by atoms with Crippen molar-refractivity contribution in [3.8, 4) is 0 Å². The van der Waals surface area contributed by atoms with E-state index in [4.69, 9.17) is 0 Å². The van der Waals surface area contributed by atoms with Crippen LogP contribution in [0.1, 0.15) is 18.2 Å². The number of hydrogen-bond donors (Lipinski definition) is 1. The van der Waals surface area contributed by atoms with Gasteiger partial charge in [-0.25, -0.2) is 10.4 Å². The van der Waals surface area contributed by atoms with Gasteiger partial charge in [0.15, 0.2) is 0 Å². The van der Waals surface area contributed by atoms with Crippen LogP contribution in [0.25, 0.3) is 11.0 Å². The number of aryl methyl sites for hydroxylation is 2. The smallest absolute Gasteiger partial charge is 0.224 e. The number of fused-ring (bicyclic) bond motifs is 1. The number of hydrogen-bond acceptors (Lipinski definition) is 4. The van der Waals surface area contributed by atoms with Crippen LogP contribution < -0.4 is 5.43 Å². The van der Waals surface area contributed by atoms with Crippen molar-refractivity contribution in [3.63, 3.8) is 0 Å². The van der Waals surface area contributed by atoms with Gasteiger partial charge in [-0.2, -0.15) is 5.10 Å². The molecule has 2 heterocycles. The minimum atomic E-state index is 0.711. The third kappa shape index (κ3) is 2.63. The largest absolute Gasteiger partial charge is 0.312 e. The van der Waals surface area contributed by atoms with Crippen molar-refractivity contribution in [2.75, 3.05) is 5.43 Å². The van der Waals surface area contributed by atoms with Crippen molar-refractivity contribution in [2.24, 2.45) is 12.1 Å². The molecular weight excluding hydrogens is 262 g/mol. The Morgan fingerprint density at radius 3 is 2.71 bits per heavy atom. The second kappa shape index (κ2) is 5.36. The maximum absolute atomic E-state index is 4.52. The molecule has 106 valence electrons. The third-order valence-electron chi connectivity index (χ3n) is 3.39. The predicted molar refractivity (Wildman–Crippen MR) is 85.5 cm³/mol. The summed E-state index contributed by atoms with van der Waals surface area (Å²) in [7, 11) is 1.96. The van der Waals surface area contributed by atoms with Crippen molar-refractivity contribution in [1.82, 2.24) is 14.5 Å². The number of nitrogens with one attached hydrogen (secondary N) is 1. The van der Waals surface area contributed by atoms with Gasteiger partial charge in [-0.3, -0.25) is 4.98 Å². The second-order valence-corrected chi connectivity index (χ2v) is 5.01. The number of nitrogens with zero attached hydrogens (tertiary/aromatic N) is 4. The summed E-state index contributed by atoms with van der Waals surface area (Å²) in [4.78, 5) is 8.87. The molecule has 1 aromatic carbocycles. The molecule has 0 fully saturated rings. The molecule has 0 unspecified atom stereocenters. The minimum Gasteiger partial charge on any atom is -0.312 e. The van der Waals surface area contributed by atoms with E-state index in [2.05, 4.69) is 20.5 Å². The Hall–Kier alpha value is -2.69. The average Bonchev–Trinajstić information content (AvgIpc) is 2.82. The first-order valence-corrected chi connectivity index (χ1v) is 6.80. The summed E-state index contributed by atoms with van der Waals surface area (Å²) in [5, 5.41) is 4.37. The summed E-state index contributed by atoms with van der Waals surface area (Å²) in [5.41, 5.74) is 7.84. The van der Waals surface area contributed by atoms with E-state index < -0.39 is 0 Å². The maximum atomic E-state index is 4.52. The SMILES string of the molecule is CC(=NNc1nc2ccccc2n1C)c1ccc(C)cn1. The summed E-state index contributed by atoms with van der Waals surface area (Å²) < 4.78 is 1.98. The lowest BCUT2D eigenvalue weighted by molar-refractivity contribution is 0.942. The number of pyridine rings is 1. The Bertz CT molecular complexity index is 799. The average molecular weight is 279 g/mol. The summed E-state index contributed by atoms with van der Waals surface area (Å²) in [5.74, 6) is 0.711. The standard InChI is InChI=1S/C16H17N5/c1-11-8-9-13(17-10-11)12(2)19-20-16-18-14-6-4-5-7-15(14)21(16)3/h4-10H,1-3H3,(H,18,20). The van der Waals surface area contributed by atoms with Crippen molar-refractivity contribution in [1.29, 1.82) is 0 Å². The van der Waals surface area contributed by atoms with Gasteiger partial charge in [0, 0.05) is 13.2 Å². The molecule has 0 aliphatic carbocycles. The summed E-state index contributed by atoms with van der Waals surface area (Å²) in [6.45, 7) is 3.94. The van der Waals surface area contributed by atoms with Crippen molar-refractivity contribution < 1.29 is 0 Å². The molecule has 0 aliphatic rings. The molecule has 2 aromatic heterocycles. The second-order valence-electron chi connectivity index (χ2n) is 5.01. The highest BCUT2D eigenvalue weighted by atomic mass is 15.4. The molecule has 0 saturated heterocycles. The summed E-state index contributed by atoms with van der Waals surface area (Å²) in [6, 6.07) is 12.0. The van der Waals surface area contributed by atoms with Crippen LogP contribution >= 0.6 is 0 Å². The fourth-order valence-corrected chi connectivity index (χ4v) is 2.12. The molecule has 21 heavy (non-hydrogen) atoms. The van der Waals surface area contributed by atoms with Gasteiger partial charge < -0.3 is 4.57 Å². The zero-order chi connectivity index (χ0) is 14.8. The first kappa shape index (κ1) is 13.3. The van der Waals surface area contributed by atoms with E-state index in [9.17, 15) is 0 Å².